The molecule has 0 spiro atoms. The third kappa shape index (κ3) is 5.12. The summed E-state index contributed by atoms with van der Waals surface area (Å²) >= 11 is 1.67. The largest absolute Gasteiger partial charge is 0.349 e. The van der Waals surface area contributed by atoms with Crippen LogP contribution in [0.15, 0.2) is 42.5 Å². The molecule has 2 aromatic rings. The molecule has 0 aliphatic heterocycles. The molecule has 1 atom stereocenters. The molecule has 0 saturated carbocycles. The van der Waals surface area contributed by atoms with Crippen molar-refractivity contribution >= 4 is 17.7 Å². The molecule has 0 fully saturated rings. The van der Waals surface area contributed by atoms with E-state index in [0.29, 0.717) is 5.75 Å². The molecule has 25 heavy (non-hydrogen) atoms. The van der Waals surface area contributed by atoms with Crippen molar-refractivity contribution in [1.82, 2.24) is 5.32 Å². The zero-order chi connectivity index (χ0) is 17.6. The van der Waals surface area contributed by atoms with Gasteiger partial charge in [0.05, 0.1) is 11.8 Å². The average molecular weight is 354 g/mol. The first-order chi connectivity index (χ1) is 12.1. The predicted octanol–water partition coefficient (Wildman–Crippen LogP) is 4.98. The van der Waals surface area contributed by atoms with Gasteiger partial charge >= 0.3 is 0 Å². The fraction of sp³-hybridized carbons (Fsp3) is 0.409. The van der Waals surface area contributed by atoms with E-state index in [0.717, 1.165) is 5.75 Å². The van der Waals surface area contributed by atoms with E-state index in [9.17, 15) is 4.79 Å². The van der Waals surface area contributed by atoms with E-state index in [-0.39, 0.29) is 11.9 Å². The van der Waals surface area contributed by atoms with Crippen LogP contribution in [0.1, 0.15) is 53.6 Å². The van der Waals surface area contributed by atoms with Crippen molar-refractivity contribution in [2.75, 3.05) is 5.75 Å². The Balaban J connectivity index is 1.48. The van der Waals surface area contributed by atoms with Crippen molar-refractivity contribution in [3.05, 3.63) is 70.3 Å². The second kappa shape index (κ2) is 8.57. The Labute approximate surface area is 155 Å². The van der Waals surface area contributed by atoms with Crippen LogP contribution in [0.3, 0.4) is 0 Å². The molecule has 3 heteroatoms. The van der Waals surface area contributed by atoms with Gasteiger partial charge in [-0.3, -0.25) is 4.79 Å². The fourth-order valence-electron chi connectivity index (χ4n) is 3.34. The van der Waals surface area contributed by atoms with Crippen LogP contribution in [0, 0.1) is 6.92 Å². The smallest absolute Gasteiger partial charge is 0.230 e. The minimum Gasteiger partial charge on any atom is -0.349 e. The van der Waals surface area contributed by atoms with Crippen LogP contribution in [0.4, 0.5) is 0 Å². The van der Waals surface area contributed by atoms with Gasteiger partial charge in [-0.05, 0) is 61.8 Å². The molecular weight excluding hydrogens is 326 g/mol. The highest BCUT2D eigenvalue weighted by Gasteiger charge is 2.14. The molecule has 1 aliphatic rings. The van der Waals surface area contributed by atoms with Gasteiger partial charge < -0.3 is 5.32 Å². The maximum Gasteiger partial charge on any atom is 0.230 e. The van der Waals surface area contributed by atoms with Gasteiger partial charge in [0.25, 0.3) is 0 Å². The summed E-state index contributed by atoms with van der Waals surface area (Å²) in [7, 11) is 0. The molecule has 0 saturated heterocycles. The van der Waals surface area contributed by atoms with Gasteiger partial charge in [0.15, 0.2) is 0 Å². The van der Waals surface area contributed by atoms with Crippen LogP contribution >= 0.6 is 11.8 Å². The molecule has 3 rings (SSSR count). The normalized spacial score (nSPS) is 14.6. The topological polar surface area (TPSA) is 29.1 Å². The third-order valence-electron chi connectivity index (χ3n) is 4.87. The predicted molar refractivity (Wildman–Crippen MR) is 107 cm³/mol. The number of thioether (sulfide) groups is 1. The molecule has 1 amide bonds. The number of hydrogen-bond donors (Lipinski definition) is 1. The number of carbonyl (C=O) groups is 1. The van der Waals surface area contributed by atoms with E-state index >= 15 is 0 Å². The van der Waals surface area contributed by atoms with Gasteiger partial charge in [0.2, 0.25) is 5.91 Å². The Morgan fingerprint density at radius 2 is 1.80 bits per heavy atom. The first-order valence-corrected chi connectivity index (χ1v) is 10.3. The van der Waals surface area contributed by atoms with Gasteiger partial charge in [-0.2, -0.15) is 0 Å². The molecule has 0 unspecified atom stereocenters. The second-order valence-electron chi connectivity index (χ2n) is 7.00. The molecule has 2 aromatic carbocycles. The van der Waals surface area contributed by atoms with Gasteiger partial charge in [0.1, 0.15) is 0 Å². The minimum absolute atomic E-state index is 0.0692. The Hall–Kier alpha value is -1.74. The Morgan fingerprint density at radius 1 is 1.08 bits per heavy atom. The lowest BCUT2D eigenvalue weighted by Crippen LogP contribution is -2.28. The lowest BCUT2D eigenvalue weighted by Gasteiger charge is -2.20. The van der Waals surface area contributed by atoms with Crippen LogP contribution in [0.2, 0.25) is 0 Å². The van der Waals surface area contributed by atoms with Crippen molar-refractivity contribution in [2.45, 2.75) is 51.3 Å². The minimum atomic E-state index is 0.0692. The molecule has 1 N–H and O–H groups in total. The monoisotopic (exact) mass is 353 g/mol. The number of benzene rings is 2. The maximum atomic E-state index is 12.2. The highest BCUT2D eigenvalue weighted by Crippen LogP contribution is 2.25. The summed E-state index contributed by atoms with van der Waals surface area (Å²) in [6.07, 6.45) is 4.96. The maximum absolute atomic E-state index is 12.2. The van der Waals surface area contributed by atoms with Crippen molar-refractivity contribution in [3.8, 4) is 0 Å². The van der Waals surface area contributed by atoms with Gasteiger partial charge in [-0.1, -0.05) is 48.0 Å². The number of carbonyl (C=O) groups excluding carboxylic acids is 1. The quantitative estimate of drug-likeness (QED) is 0.793. The summed E-state index contributed by atoms with van der Waals surface area (Å²) in [6.45, 7) is 4.17. The van der Waals surface area contributed by atoms with E-state index in [1.54, 1.807) is 11.8 Å². The molecule has 0 radical (unpaired) electrons. The number of fused-ring (bicyclic) bond motifs is 1. The van der Waals surface area contributed by atoms with Crippen LogP contribution in [0.25, 0.3) is 0 Å². The summed E-state index contributed by atoms with van der Waals surface area (Å²) in [5.74, 6) is 1.49. The van der Waals surface area contributed by atoms with Gasteiger partial charge in [-0.25, -0.2) is 0 Å². The lowest BCUT2D eigenvalue weighted by atomic mass is 9.89. The molecule has 0 aromatic heterocycles. The summed E-state index contributed by atoms with van der Waals surface area (Å²) in [5, 5.41) is 3.14. The van der Waals surface area contributed by atoms with E-state index < -0.39 is 0 Å². The summed E-state index contributed by atoms with van der Waals surface area (Å²) in [6, 6.07) is 15.3. The highest BCUT2D eigenvalue weighted by atomic mass is 32.2. The van der Waals surface area contributed by atoms with E-state index in [4.69, 9.17) is 0 Å². The van der Waals surface area contributed by atoms with E-state index in [1.165, 1.54) is 53.5 Å². The van der Waals surface area contributed by atoms with Crippen LogP contribution in [-0.2, 0) is 23.4 Å². The highest BCUT2D eigenvalue weighted by molar-refractivity contribution is 7.99. The molecule has 0 heterocycles. The molecule has 1 aliphatic carbocycles. The number of hydrogen-bond acceptors (Lipinski definition) is 2. The summed E-state index contributed by atoms with van der Waals surface area (Å²) in [4.78, 5) is 12.2. The van der Waals surface area contributed by atoms with Crippen LogP contribution < -0.4 is 5.32 Å². The Morgan fingerprint density at radius 3 is 2.56 bits per heavy atom. The third-order valence-corrected chi connectivity index (χ3v) is 5.88. The summed E-state index contributed by atoms with van der Waals surface area (Å²) < 4.78 is 0. The fourth-order valence-corrected chi connectivity index (χ4v) is 4.13. The standard InChI is InChI=1S/C22H27NOS/c1-16-7-9-18(10-8-16)14-25-15-22(24)23-17(2)20-12-11-19-5-3-4-6-21(19)13-20/h7-13,17H,3-6,14-15H2,1-2H3,(H,23,24)/t17-/m0/s1. The number of rotatable bonds is 6. The van der Waals surface area contributed by atoms with Crippen LogP contribution in [0.5, 0.6) is 0 Å². The Bertz CT molecular complexity index is 723. The van der Waals surface area contributed by atoms with Crippen molar-refractivity contribution < 1.29 is 4.79 Å². The zero-order valence-corrected chi connectivity index (χ0v) is 16.0. The van der Waals surface area contributed by atoms with Gasteiger partial charge in [-0.15, -0.1) is 11.8 Å². The van der Waals surface area contributed by atoms with E-state index in [1.807, 2.05) is 0 Å². The first kappa shape index (κ1) is 18.1. The van der Waals surface area contributed by atoms with Crippen molar-refractivity contribution in [3.63, 3.8) is 0 Å². The molecule has 2 nitrogen and oxygen atoms in total. The first-order valence-electron chi connectivity index (χ1n) is 9.16. The molecule has 132 valence electrons. The van der Waals surface area contributed by atoms with Gasteiger partial charge in [0, 0.05) is 5.75 Å². The van der Waals surface area contributed by atoms with Crippen molar-refractivity contribution in [2.24, 2.45) is 0 Å². The number of aryl methyl sites for hydroxylation is 3. The number of nitrogens with one attached hydrogen (secondary N) is 1. The lowest BCUT2D eigenvalue weighted by molar-refractivity contribution is -0.119. The summed E-state index contributed by atoms with van der Waals surface area (Å²) in [5.41, 5.74) is 6.72. The SMILES string of the molecule is Cc1ccc(CSCC(=O)N[C@@H](C)c2ccc3c(c2)CCCC3)cc1. The van der Waals surface area contributed by atoms with E-state index in [2.05, 4.69) is 61.6 Å². The average Bonchev–Trinajstić information content (AvgIpc) is 2.63. The zero-order valence-electron chi connectivity index (χ0n) is 15.2. The molecular formula is C22H27NOS. The van der Waals surface area contributed by atoms with Crippen LogP contribution in [-0.4, -0.2) is 11.7 Å². The molecule has 0 bridgehead atoms. The second-order valence-corrected chi connectivity index (χ2v) is 7.99. The number of amides is 1. The Kier molecular flexibility index (Phi) is 6.19. The van der Waals surface area contributed by atoms with Crippen molar-refractivity contribution in [1.29, 1.82) is 0 Å².